The third-order valence-electron chi connectivity index (χ3n) is 5.28. The first kappa shape index (κ1) is 21.9. The molecule has 0 amide bonds. The van der Waals surface area contributed by atoms with Crippen LogP contribution >= 0.6 is 11.6 Å². The van der Waals surface area contributed by atoms with Crippen LogP contribution in [-0.4, -0.2) is 35.7 Å². The van der Waals surface area contributed by atoms with Gasteiger partial charge in [0.2, 0.25) is 11.8 Å². The zero-order chi connectivity index (χ0) is 22.7. The third kappa shape index (κ3) is 4.34. The van der Waals surface area contributed by atoms with Gasteiger partial charge in [0.25, 0.3) is 0 Å². The molecular formula is C24H24ClN3O4. The average Bonchev–Trinajstić information content (AvgIpc) is 3.13. The lowest BCUT2D eigenvalue weighted by atomic mass is 10.1. The lowest BCUT2D eigenvalue weighted by Gasteiger charge is -2.23. The molecule has 0 saturated heterocycles. The molecule has 4 rings (SSSR count). The van der Waals surface area contributed by atoms with Gasteiger partial charge in [0.05, 0.1) is 24.9 Å². The largest absolute Gasteiger partial charge is 0.497 e. The summed E-state index contributed by atoms with van der Waals surface area (Å²) in [5, 5.41) is 0.499. The number of para-hydroxylation sites is 1. The van der Waals surface area contributed by atoms with Gasteiger partial charge in [-0.1, -0.05) is 35.9 Å². The maximum atomic E-state index is 12.5. The summed E-state index contributed by atoms with van der Waals surface area (Å²) in [6.07, 6.45) is 2.34. The standard InChI is InChI=1S/C24H24ClN3O4/c1-4-31-23(29)19-13-26-24(28-15(2)11-16-7-5-6-8-21(16)28)27-22(19)32-14-17-9-10-18(30-3)12-20(17)25/h5-10,12-13,15H,4,11,14H2,1-3H3. The molecular weight excluding hydrogens is 430 g/mol. The Morgan fingerprint density at radius 1 is 1.25 bits per heavy atom. The molecule has 0 bridgehead atoms. The van der Waals surface area contributed by atoms with Gasteiger partial charge in [-0.05, 0) is 44.0 Å². The molecule has 166 valence electrons. The minimum atomic E-state index is -0.537. The van der Waals surface area contributed by atoms with Crippen molar-refractivity contribution >= 4 is 29.2 Å². The number of ether oxygens (including phenoxy) is 3. The first-order valence-electron chi connectivity index (χ1n) is 10.4. The van der Waals surface area contributed by atoms with Crippen LogP contribution in [-0.2, 0) is 17.8 Å². The number of esters is 1. The third-order valence-corrected chi connectivity index (χ3v) is 5.64. The molecule has 0 radical (unpaired) electrons. The van der Waals surface area contributed by atoms with Crippen molar-refractivity contribution in [3.63, 3.8) is 0 Å². The molecule has 0 spiro atoms. The molecule has 1 aliphatic heterocycles. The lowest BCUT2D eigenvalue weighted by Crippen LogP contribution is -2.26. The summed E-state index contributed by atoms with van der Waals surface area (Å²) < 4.78 is 16.3. The Balaban J connectivity index is 1.67. The molecule has 0 fully saturated rings. The highest BCUT2D eigenvalue weighted by molar-refractivity contribution is 6.31. The monoisotopic (exact) mass is 453 g/mol. The van der Waals surface area contributed by atoms with Crippen LogP contribution in [0.25, 0.3) is 0 Å². The minimum absolute atomic E-state index is 0.123. The van der Waals surface area contributed by atoms with Crippen LogP contribution in [0.1, 0.15) is 35.3 Å². The zero-order valence-corrected chi connectivity index (χ0v) is 18.9. The van der Waals surface area contributed by atoms with Gasteiger partial charge in [-0.2, -0.15) is 4.98 Å². The van der Waals surface area contributed by atoms with E-state index in [9.17, 15) is 4.79 Å². The lowest BCUT2D eigenvalue weighted by molar-refractivity contribution is 0.0519. The number of rotatable bonds is 7. The number of anilines is 2. The molecule has 8 heteroatoms. The quantitative estimate of drug-likeness (QED) is 0.467. The summed E-state index contributed by atoms with van der Waals surface area (Å²) in [6, 6.07) is 13.6. The van der Waals surface area contributed by atoms with Gasteiger partial charge in [-0.3, -0.25) is 0 Å². The normalized spacial score (nSPS) is 14.8. The van der Waals surface area contributed by atoms with Gasteiger partial charge >= 0.3 is 5.97 Å². The summed E-state index contributed by atoms with van der Waals surface area (Å²) >= 11 is 6.34. The van der Waals surface area contributed by atoms with Gasteiger partial charge in [0.15, 0.2) is 0 Å². The van der Waals surface area contributed by atoms with Crippen molar-refractivity contribution in [3.8, 4) is 11.6 Å². The van der Waals surface area contributed by atoms with Crippen molar-refractivity contribution in [1.82, 2.24) is 9.97 Å². The van der Waals surface area contributed by atoms with Gasteiger partial charge in [-0.25, -0.2) is 9.78 Å². The molecule has 0 N–H and O–H groups in total. The Kier molecular flexibility index (Phi) is 6.46. The number of carbonyl (C=O) groups is 1. The molecule has 2 aromatic carbocycles. The number of benzene rings is 2. The number of nitrogens with zero attached hydrogens (tertiary/aromatic N) is 3. The van der Waals surface area contributed by atoms with E-state index in [2.05, 4.69) is 27.9 Å². The number of fused-ring (bicyclic) bond motifs is 1. The fourth-order valence-corrected chi connectivity index (χ4v) is 3.95. The van der Waals surface area contributed by atoms with Gasteiger partial charge in [-0.15, -0.1) is 0 Å². The van der Waals surface area contributed by atoms with Crippen LogP contribution < -0.4 is 14.4 Å². The molecule has 1 aromatic heterocycles. The van der Waals surface area contributed by atoms with E-state index >= 15 is 0 Å². The van der Waals surface area contributed by atoms with Crippen molar-refractivity contribution in [2.45, 2.75) is 32.9 Å². The Hall–Kier alpha value is -3.32. The van der Waals surface area contributed by atoms with Crippen molar-refractivity contribution in [1.29, 1.82) is 0 Å². The number of hydrogen-bond donors (Lipinski definition) is 0. The second-order valence-electron chi connectivity index (χ2n) is 7.41. The van der Waals surface area contributed by atoms with Crippen LogP contribution in [0, 0.1) is 0 Å². The maximum Gasteiger partial charge on any atom is 0.345 e. The Morgan fingerprint density at radius 2 is 2.06 bits per heavy atom. The first-order valence-corrected chi connectivity index (χ1v) is 10.8. The molecule has 3 aromatic rings. The molecule has 1 atom stereocenters. The van der Waals surface area contributed by atoms with Crippen LogP contribution in [0.4, 0.5) is 11.6 Å². The molecule has 32 heavy (non-hydrogen) atoms. The van der Waals surface area contributed by atoms with E-state index in [1.807, 2.05) is 24.3 Å². The summed E-state index contributed by atoms with van der Waals surface area (Å²) in [7, 11) is 1.58. The number of carbonyl (C=O) groups excluding carboxylic acids is 1. The molecule has 0 saturated carbocycles. The fraction of sp³-hybridized carbons (Fsp3) is 0.292. The Labute approximate surface area is 191 Å². The first-order chi connectivity index (χ1) is 15.5. The van der Waals surface area contributed by atoms with Crippen LogP contribution in [0.2, 0.25) is 5.02 Å². The highest BCUT2D eigenvalue weighted by Crippen LogP contribution is 2.37. The van der Waals surface area contributed by atoms with Crippen LogP contribution in [0.3, 0.4) is 0 Å². The van der Waals surface area contributed by atoms with Gasteiger partial charge in [0.1, 0.15) is 17.9 Å². The smallest absolute Gasteiger partial charge is 0.345 e. The minimum Gasteiger partial charge on any atom is -0.497 e. The molecule has 7 nitrogen and oxygen atoms in total. The van der Waals surface area contributed by atoms with E-state index in [1.54, 1.807) is 26.2 Å². The maximum absolute atomic E-state index is 12.5. The van der Waals surface area contributed by atoms with Gasteiger partial charge < -0.3 is 19.1 Å². The fourth-order valence-electron chi connectivity index (χ4n) is 3.72. The van der Waals surface area contributed by atoms with E-state index < -0.39 is 5.97 Å². The van der Waals surface area contributed by atoms with E-state index in [0.717, 1.165) is 17.7 Å². The van der Waals surface area contributed by atoms with Crippen LogP contribution in [0.5, 0.6) is 11.6 Å². The van der Waals surface area contributed by atoms with Crippen LogP contribution in [0.15, 0.2) is 48.7 Å². The van der Waals surface area contributed by atoms with Gasteiger partial charge in [0, 0.05) is 17.3 Å². The summed E-state index contributed by atoms with van der Waals surface area (Å²) in [5.74, 6) is 0.727. The summed E-state index contributed by atoms with van der Waals surface area (Å²) in [4.78, 5) is 23.6. The van der Waals surface area contributed by atoms with E-state index in [4.69, 9.17) is 25.8 Å². The number of hydrogen-bond acceptors (Lipinski definition) is 7. The van der Waals surface area contributed by atoms with Crippen molar-refractivity contribution in [3.05, 3.63) is 70.4 Å². The summed E-state index contributed by atoms with van der Waals surface area (Å²) in [6.45, 7) is 4.21. The van der Waals surface area contributed by atoms with E-state index in [0.29, 0.717) is 16.7 Å². The Morgan fingerprint density at radius 3 is 2.81 bits per heavy atom. The highest BCUT2D eigenvalue weighted by atomic mass is 35.5. The average molecular weight is 454 g/mol. The zero-order valence-electron chi connectivity index (χ0n) is 18.2. The molecule has 1 aliphatic rings. The second kappa shape index (κ2) is 9.44. The SMILES string of the molecule is CCOC(=O)c1cnc(N2c3ccccc3CC2C)nc1OCc1ccc(OC)cc1Cl. The Bertz CT molecular complexity index is 1140. The van der Waals surface area contributed by atoms with Crippen molar-refractivity contribution < 1.29 is 19.0 Å². The predicted molar refractivity (Wildman–Crippen MR) is 122 cm³/mol. The van der Waals surface area contributed by atoms with Crippen molar-refractivity contribution in [2.75, 3.05) is 18.6 Å². The number of methoxy groups -OCH3 is 1. The number of aromatic nitrogens is 2. The van der Waals surface area contributed by atoms with Crippen molar-refractivity contribution in [2.24, 2.45) is 0 Å². The van der Waals surface area contributed by atoms with E-state index in [-0.39, 0.29) is 30.7 Å². The highest BCUT2D eigenvalue weighted by Gasteiger charge is 2.30. The second-order valence-corrected chi connectivity index (χ2v) is 7.81. The molecule has 1 unspecified atom stereocenters. The predicted octanol–water partition coefficient (Wildman–Crippen LogP) is 4.98. The topological polar surface area (TPSA) is 73.8 Å². The molecule has 0 aliphatic carbocycles. The van der Waals surface area contributed by atoms with E-state index in [1.165, 1.54) is 11.8 Å². The number of halogens is 1. The molecule has 2 heterocycles. The summed E-state index contributed by atoms with van der Waals surface area (Å²) in [5.41, 5.74) is 3.18.